The van der Waals surface area contributed by atoms with E-state index in [4.69, 9.17) is 4.74 Å². The summed E-state index contributed by atoms with van der Waals surface area (Å²) in [5.74, 6) is 1.44. The first-order valence-electron chi connectivity index (χ1n) is 8.85. The largest absolute Gasteiger partial charge is 0.494 e. The van der Waals surface area contributed by atoms with Gasteiger partial charge in [0.05, 0.1) is 7.11 Å². The number of aromatic nitrogens is 3. The van der Waals surface area contributed by atoms with Crippen LogP contribution in [0.15, 0.2) is 54.9 Å². The number of aryl methyl sites for hydroxylation is 1. The minimum atomic E-state index is -0.286. The van der Waals surface area contributed by atoms with Crippen molar-refractivity contribution in [2.45, 2.75) is 6.92 Å². The average Bonchev–Trinajstić information content (AvgIpc) is 2.74. The molecule has 0 aliphatic heterocycles. The molecule has 2 aromatic heterocycles. The van der Waals surface area contributed by atoms with Gasteiger partial charge >= 0.3 is 0 Å². The molecule has 0 atom stereocenters. The average molecular weight is 374 g/mol. The van der Waals surface area contributed by atoms with Gasteiger partial charge in [-0.15, -0.1) is 0 Å². The third-order valence-electron chi connectivity index (χ3n) is 4.57. The number of nitrogens with one attached hydrogen (secondary N) is 1. The van der Waals surface area contributed by atoms with Crippen LogP contribution in [0.2, 0.25) is 0 Å². The van der Waals surface area contributed by atoms with E-state index in [2.05, 4.69) is 20.3 Å². The topological polar surface area (TPSA) is 59.9 Å². The normalized spacial score (nSPS) is 10.9. The van der Waals surface area contributed by atoms with Gasteiger partial charge in [0.2, 0.25) is 0 Å². The molecule has 0 bridgehead atoms. The van der Waals surface area contributed by atoms with E-state index in [-0.39, 0.29) is 5.82 Å². The number of fused-ring (bicyclic) bond motifs is 1. The highest BCUT2D eigenvalue weighted by molar-refractivity contribution is 5.97. The van der Waals surface area contributed by atoms with Gasteiger partial charge < -0.3 is 10.1 Å². The van der Waals surface area contributed by atoms with Crippen molar-refractivity contribution in [2.75, 3.05) is 19.5 Å². The molecule has 140 valence electrons. The van der Waals surface area contributed by atoms with Crippen LogP contribution in [-0.4, -0.2) is 29.1 Å². The van der Waals surface area contributed by atoms with Crippen LogP contribution >= 0.6 is 0 Å². The van der Waals surface area contributed by atoms with Gasteiger partial charge in [-0.2, -0.15) is 0 Å². The molecule has 6 heteroatoms. The molecule has 0 spiro atoms. The zero-order chi connectivity index (χ0) is 19.7. The number of ether oxygens (including phenoxy) is 1. The molecule has 4 rings (SSSR count). The van der Waals surface area contributed by atoms with Crippen molar-refractivity contribution in [3.05, 3.63) is 66.2 Å². The fourth-order valence-electron chi connectivity index (χ4n) is 3.19. The fraction of sp³-hybridized carbons (Fsp3) is 0.136. The Labute approximate surface area is 162 Å². The molecule has 0 fully saturated rings. The van der Waals surface area contributed by atoms with E-state index in [0.29, 0.717) is 34.0 Å². The fourth-order valence-corrected chi connectivity index (χ4v) is 3.19. The van der Waals surface area contributed by atoms with Crippen LogP contribution in [0.5, 0.6) is 5.75 Å². The van der Waals surface area contributed by atoms with Crippen molar-refractivity contribution in [1.82, 2.24) is 15.0 Å². The minimum Gasteiger partial charge on any atom is -0.494 e. The molecule has 0 aliphatic rings. The number of halogens is 1. The SMILES string of the molecule is CNc1nc(-c2cccnc2)nc2c(OC)cc(-c3cc(C)ccc3F)cc12. The highest BCUT2D eigenvalue weighted by atomic mass is 19.1. The Morgan fingerprint density at radius 1 is 1.04 bits per heavy atom. The van der Waals surface area contributed by atoms with E-state index >= 15 is 0 Å². The Morgan fingerprint density at radius 2 is 1.89 bits per heavy atom. The van der Waals surface area contributed by atoms with Crippen LogP contribution in [0.3, 0.4) is 0 Å². The van der Waals surface area contributed by atoms with Crippen LogP contribution in [-0.2, 0) is 0 Å². The van der Waals surface area contributed by atoms with Crippen molar-refractivity contribution in [3.63, 3.8) is 0 Å². The first-order valence-corrected chi connectivity index (χ1v) is 8.85. The lowest BCUT2D eigenvalue weighted by molar-refractivity contribution is 0.419. The van der Waals surface area contributed by atoms with Gasteiger partial charge in [-0.1, -0.05) is 11.6 Å². The third kappa shape index (κ3) is 3.13. The summed E-state index contributed by atoms with van der Waals surface area (Å²) in [6.07, 6.45) is 3.41. The second-order valence-electron chi connectivity index (χ2n) is 6.45. The summed E-state index contributed by atoms with van der Waals surface area (Å²) in [6, 6.07) is 12.5. The lowest BCUT2D eigenvalue weighted by Gasteiger charge is -2.14. The molecule has 1 N–H and O–H groups in total. The number of pyridine rings is 1. The Kier molecular flexibility index (Phi) is 4.61. The molecular formula is C22H19FN4O. The van der Waals surface area contributed by atoms with Gasteiger partial charge in [-0.25, -0.2) is 14.4 Å². The lowest BCUT2D eigenvalue weighted by atomic mass is 10.00. The molecule has 0 saturated heterocycles. The van der Waals surface area contributed by atoms with Crippen LogP contribution < -0.4 is 10.1 Å². The summed E-state index contributed by atoms with van der Waals surface area (Å²) in [5.41, 5.74) is 3.65. The molecule has 0 saturated carbocycles. The predicted octanol–water partition coefficient (Wildman–Crippen LogP) is 4.86. The third-order valence-corrected chi connectivity index (χ3v) is 4.57. The van der Waals surface area contributed by atoms with Crippen molar-refractivity contribution in [3.8, 4) is 28.3 Å². The Hall–Kier alpha value is -3.54. The number of anilines is 1. The molecule has 2 aromatic carbocycles. The summed E-state index contributed by atoms with van der Waals surface area (Å²) in [6.45, 7) is 1.93. The first-order chi connectivity index (χ1) is 13.6. The van der Waals surface area contributed by atoms with E-state index in [1.165, 1.54) is 6.07 Å². The van der Waals surface area contributed by atoms with Crippen LogP contribution in [0.25, 0.3) is 33.4 Å². The van der Waals surface area contributed by atoms with Gasteiger partial charge in [0.15, 0.2) is 5.82 Å². The Balaban J connectivity index is 1.99. The van der Waals surface area contributed by atoms with Crippen LogP contribution in [0.4, 0.5) is 10.2 Å². The van der Waals surface area contributed by atoms with Crippen molar-refractivity contribution in [2.24, 2.45) is 0 Å². The number of benzene rings is 2. The summed E-state index contributed by atoms with van der Waals surface area (Å²) < 4.78 is 20.1. The number of hydrogen-bond donors (Lipinski definition) is 1. The molecule has 28 heavy (non-hydrogen) atoms. The number of methoxy groups -OCH3 is 1. The molecule has 0 unspecified atom stereocenters. The van der Waals surface area contributed by atoms with Gasteiger partial charge in [0, 0.05) is 36.0 Å². The van der Waals surface area contributed by atoms with Crippen LogP contribution in [0.1, 0.15) is 5.56 Å². The molecular weight excluding hydrogens is 355 g/mol. The van der Waals surface area contributed by atoms with Crippen molar-refractivity contribution >= 4 is 16.7 Å². The molecule has 0 aliphatic carbocycles. The van der Waals surface area contributed by atoms with Crippen molar-refractivity contribution in [1.29, 1.82) is 0 Å². The van der Waals surface area contributed by atoms with E-state index < -0.39 is 0 Å². The molecule has 0 radical (unpaired) electrons. The summed E-state index contributed by atoms with van der Waals surface area (Å²) in [7, 11) is 3.37. The lowest BCUT2D eigenvalue weighted by Crippen LogP contribution is -2.01. The van der Waals surface area contributed by atoms with Gasteiger partial charge in [0.1, 0.15) is 22.9 Å². The molecule has 5 nitrogen and oxygen atoms in total. The smallest absolute Gasteiger partial charge is 0.163 e. The molecule has 4 aromatic rings. The first kappa shape index (κ1) is 17.9. The standard InChI is InChI=1S/C22H19FN4O/c1-13-6-7-18(23)16(9-13)15-10-17-20(19(11-15)28-3)26-21(27-22(17)24-2)14-5-4-8-25-12-14/h4-12H,1-3H3,(H,24,26,27). The minimum absolute atomic E-state index is 0.286. The van der Waals surface area contributed by atoms with Crippen LogP contribution in [0, 0.1) is 12.7 Å². The molecule has 0 amide bonds. The maximum absolute atomic E-state index is 14.5. The molecule has 2 heterocycles. The zero-order valence-electron chi connectivity index (χ0n) is 15.8. The number of hydrogen-bond acceptors (Lipinski definition) is 5. The van der Waals surface area contributed by atoms with Crippen molar-refractivity contribution < 1.29 is 9.13 Å². The van der Waals surface area contributed by atoms with Gasteiger partial charge in [-0.3, -0.25) is 4.98 Å². The monoisotopic (exact) mass is 374 g/mol. The second kappa shape index (κ2) is 7.23. The predicted molar refractivity (Wildman–Crippen MR) is 109 cm³/mol. The van der Waals surface area contributed by atoms with E-state index in [1.807, 2.05) is 31.2 Å². The maximum atomic E-state index is 14.5. The van der Waals surface area contributed by atoms with E-state index in [1.54, 1.807) is 38.7 Å². The quantitative estimate of drug-likeness (QED) is 0.553. The second-order valence-corrected chi connectivity index (χ2v) is 6.45. The number of rotatable bonds is 4. The Morgan fingerprint density at radius 3 is 2.61 bits per heavy atom. The van der Waals surface area contributed by atoms with E-state index in [0.717, 1.165) is 16.5 Å². The highest BCUT2D eigenvalue weighted by Crippen LogP contribution is 2.36. The van der Waals surface area contributed by atoms with E-state index in [9.17, 15) is 4.39 Å². The summed E-state index contributed by atoms with van der Waals surface area (Å²) >= 11 is 0. The highest BCUT2D eigenvalue weighted by Gasteiger charge is 2.16. The maximum Gasteiger partial charge on any atom is 0.163 e. The van der Waals surface area contributed by atoms with Gasteiger partial charge in [0.25, 0.3) is 0 Å². The zero-order valence-corrected chi connectivity index (χ0v) is 15.8. The van der Waals surface area contributed by atoms with Gasteiger partial charge in [-0.05, 0) is 48.9 Å². The Bertz CT molecular complexity index is 1160. The summed E-state index contributed by atoms with van der Waals surface area (Å²) in [5, 5.41) is 3.87. The number of nitrogens with zero attached hydrogens (tertiary/aromatic N) is 3. The summed E-state index contributed by atoms with van der Waals surface area (Å²) in [4.78, 5) is 13.5.